The second-order valence-electron chi connectivity index (χ2n) is 17.9. The van der Waals surface area contributed by atoms with Crippen molar-refractivity contribution in [3.8, 4) is 0 Å². The highest BCUT2D eigenvalue weighted by molar-refractivity contribution is 7.47. The maximum atomic E-state index is 12.2. The third kappa shape index (κ3) is 47.8. The lowest BCUT2D eigenvalue weighted by atomic mass is 10.0. The summed E-state index contributed by atoms with van der Waals surface area (Å²) in [5.41, 5.74) is 0. The van der Waals surface area contributed by atoms with Crippen molar-refractivity contribution in [2.24, 2.45) is 0 Å². The molecule has 0 radical (unpaired) electrons. The smallest absolute Gasteiger partial charge is 0.463 e. The number of esters is 2. The third-order valence-electron chi connectivity index (χ3n) is 11.2. The van der Waals surface area contributed by atoms with E-state index in [1.807, 2.05) is 0 Å². The minimum Gasteiger partial charge on any atom is -0.463 e. The molecule has 0 aliphatic heterocycles. The van der Waals surface area contributed by atoms with Crippen molar-refractivity contribution in [2.45, 2.75) is 250 Å². The highest BCUT2D eigenvalue weighted by Crippen LogP contribution is 2.45. The molecule has 0 aromatic carbocycles. The number of aliphatic hydroxyl groups excluding tert-OH is 3. The number of aliphatic hydroxyl groups is 3. The zero-order valence-electron chi connectivity index (χ0n) is 41.4. The molecule has 0 aromatic rings. The van der Waals surface area contributed by atoms with Crippen LogP contribution < -0.4 is 0 Å². The number of allylic oxidation sites excluding steroid dienone is 2. The molecule has 0 aromatic heterocycles. The van der Waals surface area contributed by atoms with Crippen LogP contribution in [-0.2, 0) is 46.3 Å². The Kier molecular flexibility index (Phi) is 45.3. The Hall–Kier alpha value is -1.22. The summed E-state index contributed by atoms with van der Waals surface area (Å²) < 4.78 is 53.1. The molecule has 0 amide bonds. The van der Waals surface area contributed by atoms with Gasteiger partial charge < -0.3 is 34.6 Å². The van der Waals surface area contributed by atoms with E-state index in [1.54, 1.807) is 0 Å². The van der Waals surface area contributed by atoms with Crippen LogP contribution in [0.5, 0.6) is 0 Å². The van der Waals surface area contributed by atoms with Crippen molar-refractivity contribution in [1.82, 2.24) is 0 Å². The van der Waals surface area contributed by atoms with E-state index >= 15 is 0 Å². The van der Waals surface area contributed by atoms with Crippen LogP contribution in [0.3, 0.4) is 0 Å². The standard InChI is InChI=1S/C49H96O15P2/c1-3-5-7-9-11-13-15-17-18-19-20-21-22-23-24-26-28-30-32-34-36-38-49(54)60-40-46(51)42-62-66(57,58)64-44-47(52)43-63-65(55,56)61-41-45(50)39-59-48(53)37-35-33-31-29-27-25-16-14-12-10-8-6-4-2/h17-18,45-47,50-52H,3-16,19-44H2,1-2H3,(H,55,56)(H,57,58)/b18-17+. The fraction of sp³-hybridized carbons (Fsp3) is 0.918. The zero-order chi connectivity index (χ0) is 48.8. The van der Waals surface area contributed by atoms with E-state index in [0.717, 1.165) is 38.5 Å². The quantitative estimate of drug-likeness (QED) is 0.0165. The molecule has 0 spiro atoms. The SMILES string of the molecule is CCCCCCCC/C=C/CCCCCCCCCCCCCC(=O)OCC(O)COP(=O)(O)OCC(O)COP(=O)(O)OCC(O)COC(=O)CCCCCCCCCCCCCCC. The van der Waals surface area contributed by atoms with Crippen LogP contribution in [0, 0.1) is 0 Å². The topological polar surface area (TPSA) is 225 Å². The summed E-state index contributed by atoms with van der Waals surface area (Å²) in [6.45, 7) is 0.460. The van der Waals surface area contributed by atoms with Crippen LogP contribution in [0.25, 0.3) is 0 Å². The predicted octanol–water partition coefficient (Wildman–Crippen LogP) is 12.3. The van der Waals surface area contributed by atoms with Gasteiger partial charge in [-0.1, -0.05) is 193 Å². The highest BCUT2D eigenvalue weighted by Gasteiger charge is 2.28. The number of carbonyl (C=O) groups excluding carboxylic acids is 2. The summed E-state index contributed by atoms with van der Waals surface area (Å²) in [6, 6.07) is 0. The molecule has 0 bridgehead atoms. The van der Waals surface area contributed by atoms with Gasteiger partial charge in [-0.15, -0.1) is 0 Å². The average Bonchev–Trinajstić information content (AvgIpc) is 3.29. The van der Waals surface area contributed by atoms with E-state index in [-0.39, 0.29) is 12.8 Å². The Morgan fingerprint density at radius 3 is 0.879 bits per heavy atom. The number of ether oxygens (including phenoxy) is 2. The monoisotopic (exact) mass is 987 g/mol. The van der Waals surface area contributed by atoms with Crippen molar-refractivity contribution >= 4 is 27.6 Å². The molecule has 0 aliphatic carbocycles. The Bertz CT molecular complexity index is 1240. The molecule has 0 rings (SSSR count). The first-order chi connectivity index (χ1) is 31.8. The molecule has 66 heavy (non-hydrogen) atoms. The molecule has 17 heteroatoms. The number of rotatable bonds is 51. The van der Waals surface area contributed by atoms with Gasteiger partial charge in [-0.25, -0.2) is 9.13 Å². The second kappa shape index (κ2) is 46.2. The number of hydrogen-bond donors (Lipinski definition) is 5. The summed E-state index contributed by atoms with van der Waals surface area (Å²) in [5, 5.41) is 30.0. The van der Waals surface area contributed by atoms with Crippen LogP contribution >= 0.6 is 15.6 Å². The van der Waals surface area contributed by atoms with Gasteiger partial charge in [-0.05, 0) is 38.5 Å². The van der Waals surface area contributed by atoms with Crippen LogP contribution in [0.2, 0.25) is 0 Å². The zero-order valence-corrected chi connectivity index (χ0v) is 43.2. The molecule has 5 atom stereocenters. The maximum absolute atomic E-state index is 12.2. The summed E-state index contributed by atoms with van der Waals surface area (Å²) in [6.07, 6.45) is 39.1. The minimum absolute atomic E-state index is 0.199. The highest BCUT2D eigenvalue weighted by atomic mass is 31.2. The molecule has 15 nitrogen and oxygen atoms in total. The lowest BCUT2D eigenvalue weighted by Gasteiger charge is -2.19. The number of unbranched alkanes of at least 4 members (excludes halogenated alkanes) is 29. The lowest BCUT2D eigenvalue weighted by Crippen LogP contribution is -2.25. The first-order valence-corrected chi connectivity index (χ1v) is 29.0. The third-order valence-corrected chi connectivity index (χ3v) is 13.1. The number of carbonyl (C=O) groups is 2. The van der Waals surface area contributed by atoms with Gasteiger partial charge in [-0.3, -0.25) is 27.7 Å². The van der Waals surface area contributed by atoms with Gasteiger partial charge in [0.1, 0.15) is 31.5 Å². The first-order valence-electron chi connectivity index (χ1n) is 26.0. The summed E-state index contributed by atoms with van der Waals surface area (Å²) in [5.74, 6) is -0.986. The number of phosphoric acid groups is 2. The molecule has 0 saturated heterocycles. The van der Waals surface area contributed by atoms with E-state index < -0.39 is 85.5 Å². The second-order valence-corrected chi connectivity index (χ2v) is 20.8. The molecular weight excluding hydrogens is 890 g/mol. The molecule has 0 aliphatic rings. The molecule has 0 saturated carbocycles. The molecule has 392 valence electrons. The average molecular weight is 987 g/mol. The molecule has 0 fully saturated rings. The molecular formula is C49H96O15P2. The minimum atomic E-state index is -4.78. The van der Waals surface area contributed by atoms with Crippen molar-refractivity contribution in [1.29, 1.82) is 0 Å². The summed E-state index contributed by atoms with van der Waals surface area (Å²) in [4.78, 5) is 43.8. The van der Waals surface area contributed by atoms with Gasteiger partial charge in [0.25, 0.3) is 0 Å². The normalized spacial score (nSPS) is 15.1. The van der Waals surface area contributed by atoms with Crippen LogP contribution in [0.15, 0.2) is 12.2 Å². The Labute approximate surface area is 400 Å². The fourth-order valence-electron chi connectivity index (χ4n) is 7.15. The van der Waals surface area contributed by atoms with Crippen molar-refractivity contribution in [3.63, 3.8) is 0 Å². The largest absolute Gasteiger partial charge is 0.472 e. The van der Waals surface area contributed by atoms with Crippen molar-refractivity contribution in [3.05, 3.63) is 12.2 Å². The fourth-order valence-corrected chi connectivity index (χ4v) is 8.74. The van der Waals surface area contributed by atoms with Gasteiger partial charge in [-0.2, -0.15) is 0 Å². The Morgan fingerprint density at radius 1 is 0.379 bits per heavy atom. The van der Waals surface area contributed by atoms with Crippen LogP contribution in [-0.4, -0.2) is 95.0 Å². The maximum Gasteiger partial charge on any atom is 0.472 e. The van der Waals surface area contributed by atoms with E-state index in [0.29, 0.717) is 12.8 Å². The summed E-state index contributed by atoms with van der Waals surface area (Å²) >= 11 is 0. The molecule has 0 heterocycles. The van der Waals surface area contributed by atoms with Gasteiger partial charge in [0.05, 0.1) is 26.4 Å². The lowest BCUT2D eigenvalue weighted by molar-refractivity contribution is -0.148. The summed E-state index contributed by atoms with van der Waals surface area (Å²) in [7, 11) is -9.56. The van der Waals surface area contributed by atoms with Crippen LogP contribution in [0.1, 0.15) is 232 Å². The Morgan fingerprint density at radius 2 is 0.606 bits per heavy atom. The van der Waals surface area contributed by atoms with Gasteiger partial charge >= 0.3 is 27.6 Å². The molecule has 5 unspecified atom stereocenters. The van der Waals surface area contributed by atoms with E-state index in [9.17, 15) is 43.8 Å². The van der Waals surface area contributed by atoms with Gasteiger partial charge in [0, 0.05) is 12.8 Å². The van der Waals surface area contributed by atoms with Crippen molar-refractivity contribution in [2.75, 3.05) is 39.6 Å². The van der Waals surface area contributed by atoms with Crippen molar-refractivity contribution < 1.29 is 71.4 Å². The van der Waals surface area contributed by atoms with E-state index in [4.69, 9.17) is 14.0 Å². The first kappa shape index (κ1) is 64.8. The molecule has 5 N–H and O–H groups in total. The van der Waals surface area contributed by atoms with E-state index in [2.05, 4.69) is 39.6 Å². The van der Waals surface area contributed by atoms with Crippen LogP contribution in [0.4, 0.5) is 0 Å². The number of hydrogen-bond acceptors (Lipinski definition) is 13. The van der Waals surface area contributed by atoms with Gasteiger partial charge in [0.15, 0.2) is 0 Å². The predicted molar refractivity (Wildman–Crippen MR) is 261 cm³/mol. The number of phosphoric ester groups is 2. The van der Waals surface area contributed by atoms with Gasteiger partial charge in [0.2, 0.25) is 0 Å². The Balaban J connectivity index is 3.82. The van der Waals surface area contributed by atoms with E-state index in [1.165, 1.54) is 154 Å².